The number of carboxylic acid groups (broad SMARTS) is 1. The lowest BCUT2D eigenvalue weighted by Crippen LogP contribution is -2.04. The van der Waals surface area contributed by atoms with E-state index < -0.39 is 21.6 Å². The highest BCUT2D eigenvalue weighted by atomic mass is 32.2. The van der Waals surface area contributed by atoms with Crippen LogP contribution in [0.15, 0.2) is 53.4 Å². The van der Waals surface area contributed by atoms with E-state index in [1.807, 2.05) is 0 Å². The molecular formula is C21H19FO5S. The Kier molecular flexibility index (Phi) is 5.38. The zero-order chi connectivity index (χ0) is 20.5. The molecule has 3 rings (SSSR count). The summed E-state index contributed by atoms with van der Waals surface area (Å²) in [5.41, 5.74) is 1.15. The molecule has 28 heavy (non-hydrogen) atoms. The molecule has 0 aromatic heterocycles. The third-order valence-electron chi connectivity index (χ3n) is 4.54. The van der Waals surface area contributed by atoms with Crippen LogP contribution in [-0.2, 0) is 21.1 Å². The van der Waals surface area contributed by atoms with Crippen molar-refractivity contribution < 1.29 is 27.4 Å². The summed E-state index contributed by atoms with van der Waals surface area (Å²) in [6, 6.07) is 11.9. The van der Waals surface area contributed by atoms with Gasteiger partial charge in [0.2, 0.25) is 0 Å². The summed E-state index contributed by atoms with van der Waals surface area (Å²) in [6.07, 6.45) is -0.191. The molecule has 146 valence electrons. The Balaban J connectivity index is 2.09. The molecule has 0 spiro atoms. The number of carbonyl (C=O) groups is 1. The van der Waals surface area contributed by atoms with Crippen molar-refractivity contribution >= 4 is 26.6 Å². The topological polar surface area (TPSA) is 80.7 Å². The van der Waals surface area contributed by atoms with Gasteiger partial charge in [-0.15, -0.1) is 0 Å². The summed E-state index contributed by atoms with van der Waals surface area (Å²) in [5.74, 6) is -0.708. The molecule has 7 heteroatoms. The van der Waals surface area contributed by atoms with E-state index in [1.165, 1.54) is 36.4 Å². The molecule has 3 aromatic carbocycles. The van der Waals surface area contributed by atoms with Crippen LogP contribution in [0.4, 0.5) is 4.39 Å². The third kappa shape index (κ3) is 3.99. The van der Waals surface area contributed by atoms with Crippen molar-refractivity contribution in [3.63, 3.8) is 0 Å². The number of carboxylic acids is 1. The van der Waals surface area contributed by atoms with E-state index in [1.54, 1.807) is 26.0 Å². The summed E-state index contributed by atoms with van der Waals surface area (Å²) in [6.45, 7) is 3.28. The quantitative estimate of drug-likeness (QED) is 0.657. The standard InChI is InChI=1S/C21H19FO5S/c1-3-28(25,26)18-8-6-17(7-9-18)27-21-13(2)15(11-20(23)24)10-14-4-5-16(22)12-19(14)21/h4-10,12H,3,11H2,1-2H3,(H,23,24). The molecule has 0 saturated heterocycles. The minimum atomic E-state index is -3.33. The van der Waals surface area contributed by atoms with Crippen molar-refractivity contribution in [1.29, 1.82) is 0 Å². The van der Waals surface area contributed by atoms with Crippen LogP contribution in [0.1, 0.15) is 18.1 Å². The smallest absolute Gasteiger partial charge is 0.307 e. The van der Waals surface area contributed by atoms with Gasteiger partial charge in [0, 0.05) is 5.39 Å². The summed E-state index contributed by atoms with van der Waals surface area (Å²) >= 11 is 0. The number of rotatable bonds is 6. The van der Waals surface area contributed by atoms with Gasteiger partial charge in [0.05, 0.1) is 17.1 Å². The van der Waals surface area contributed by atoms with Crippen LogP contribution < -0.4 is 4.74 Å². The van der Waals surface area contributed by atoms with Crippen molar-refractivity contribution in [2.75, 3.05) is 5.75 Å². The Bertz CT molecular complexity index is 1150. The first kappa shape index (κ1) is 19.8. The summed E-state index contributed by atoms with van der Waals surface area (Å²) < 4.78 is 43.6. The second-order valence-corrected chi connectivity index (χ2v) is 8.68. The normalized spacial score (nSPS) is 11.5. The van der Waals surface area contributed by atoms with Gasteiger partial charge in [-0.3, -0.25) is 4.79 Å². The molecular weight excluding hydrogens is 383 g/mol. The van der Waals surface area contributed by atoms with Crippen molar-refractivity contribution in [2.24, 2.45) is 0 Å². The zero-order valence-corrected chi connectivity index (χ0v) is 16.2. The highest BCUT2D eigenvalue weighted by molar-refractivity contribution is 7.91. The van der Waals surface area contributed by atoms with Crippen LogP contribution in [-0.4, -0.2) is 25.2 Å². The fourth-order valence-electron chi connectivity index (χ4n) is 2.97. The molecule has 0 unspecified atom stereocenters. The highest BCUT2D eigenvalue weighted by Crippen LogP contribution is 2.36. The molecule has 0 amide bonds. The molecule has 0 bridgehead atoms. The number of ether oxygens (including phenoxy) is 1. The molecule has 1 N–H and O–H groups in total. The molecule has 0 radical (unpaired) electrons. The van der Waals surface area contributed by atoms with E-state index >= 15 is 0 Å². The average Bonchev–Trinajstić information content (AvgIpc) is 2.65. The van der Waals surface area contributed by atoms with E-state index in [-0.39, 0.29) is 17.1 Å². The Morgan fingerprint density at radius 1 is 1.11 bits per heavy atom. The Hall–Kier alpha value is -2.93. The van der Waals surface area contributed by atoms with Crippen molar-refractivity contribution in [1.82, 2.24) is 0 Å². The number of aliphatic carboxylic acids is 1. The van der Waals surface area contributed by atoms with Gasteiger partial charge in [-0.05, 0) is 59.8 Å². The maximum atomic E-state index is 13.8. The first-order valence-electron chi connectivity index (χ1n) is 8.65. The van der Waals surface area contributed by atoms with E-state index in [0.717, 1.165) is 0 Å². The van der Waals surface area contributed by atoms with E-state index in [9.17, 15) is 17.6 Å². The van der Waals surface area contributed by atoms with Crippen LogP contribution in [0.25, 0.3) is 10.8 Å². The fourth-order valence-corrected chi connectivity index (χ4v) is 3.86. The number of benzene rings is 3. The van der Waals surface area contributed by atoms with Gasteiger partial charge in [0.15, 0.2) is 9.84 Å². The summed E-state index contributed by atoms with van der Waals surface area (Å²) in [5, 5.41) is 10.3. The SMILES string of the molecule is CCS(=O)(=O)c1ccc(Oc2c(C)c(CC(=O)O)cc3ccc(F)cc23)cc1. The van der Waals surface area contributed by atoms with Gasteiger partial charge < -0.3 is 9.84 Å². The van der Waals surface area contributed by atoms with Crippen molar-refractivity contribution in [3.8, 4) is 11.5 Å². The average molecular weight is 402 g/mol. The molecule has 0 saturated carbocycles. The van der Waals surface area contributed by atoms with Gasteiger partial charge in [-0.25, -0.2) is 12.8 Å². The van der Waals surface area contributed by atoms with Gasteiger partial charge >= 0.3 is 5.97 Å². The molecule has 0 aliphatic heterocycles. The minimum Gasteiger partial charge on any atom is -0.481 e. The maximum Gasteiger partial charge on any atom is 0.307 e. The van der Waals surface area contributed by atoms with Crippen molar-refractivity contribution in [3.05, 3.63) is 65.5 Å². The predicted molar refractivity (Wildman–Crippen MR) is 104 cm³/mol. The maximum absolute atomic E-state index is 13.8. The van der Waals surface area contributed by atoms with Gasteiger partial charge in [-0.1, -0.05) is 19.1 Å². The van der Waals surface area contributed by atoms with Crippen LogP contribution in [0.3, 0.4) is 0 Å². The number of hydrogen-bond acceptors (Lipinski definition) is 4. The van der Waals surface area contributed by atoms with Crippen molar-refractivity contribution in [2.45, 2.75) is 25.2 Å². The molecule has 0 atom stereocenters. The molecule has 3 aromatic rings. The second-order valence-electron chi connectivity index (χ2n) is 6.40. The minimum absolute atomic E-state index is 0.00649. The highest BCUT2D eigenvalue weighted by Gasteiger charge is 2.16. The first-order valence-corrected chi connectivity index (χ1v) is 10.3. The van der Waals surface area contributed by atoms with E-state index in [4.69, 9.17) is 9.84 Å². The number of hydrogen-bond donors (Lipinski definition) is 1. The predicted octanol–water partition coefficient (Wildman–Crippen LogP) is 4.50. The van der Waals surface area contributed by atoms with E-state index in [0.29, 0.717) is 33.4 Å². The molecule has 5 nitrogen and oxygen atoms in total. The number of halogens is 1. The molecule has 0 aliphatic rings. The number of fused-ring (bicyclic) bond motifs is 1. The molecule has 0 aliphatic carbocycles. The lowest BCUT2D eigenvalue weighted by Gasteiger charge is -2.16. The summed E-state index contributed by atoms with van der Waals surface area (Å²) in [4.78, 5) is 11.4. The first-order chi connectivity index (χ1) is 13.2. The van der Waals surface area contributed by atoms with Crippen LogP contribution in [0.2, 0.25) is 0 Å². The monoisotopic (exact) mass is 402 g/mol. The lowest BCUT2D eigenvalue weighted by atomic mass is 9.98. The number of sulfone groups is 1. The van der Waals surface area contributed by atoms with E-state index in [2.05, 4.69) is 0 Å². The lowest BCUT2D eigenvalue weighted by molar-refractivity contribution is -0.136. The van der Waals surface area contributed by atoms with Crippen LogP contribution in [0, 0.1) is 12.7 Å². The Morgan fingerprint density at radius 3 is 2.39 bits per heavy atom. The fraction of sp³-hybridized carbons (Fsp3) is 0.190. The second kappa shape index (κ2) is 7.59. The third-order valence-corrected chi connectivity index (χ3v) is 6.29. The molecule has 0 heterocycles. The van der Waals surface area contributed by atoms with Gasteiger partial charge in [-0.2, -0.15) is 0 Å². The largest absolute Gasteiger partial charge is 0.481 e. The van der Waals surface area contributed by atoms with Crippen LogP contribution >= 0.6 is 0 Å². The molecule has 0 fully saturated rings. The Labute approximate surface area is 162 Å². The van der Waals surface area contributed by atoms with Crippen LogP contribution in [0.5, 0.6) is 11.5 Å². The Morgan fingerprint density at radius 2 is 1.79 bits per heavy atom. The summed E-state index contributed by atoms with van der Waals surface area (Å²) in [7, 11) is -3.33. The zero-order valence-electron chi connectivity index (χ0n) is 15.4. The van der Waals surface area contributed by atoms with Gasteiger partial charge in [0.1, 0.15) is 17.3 Å². The van der Waals surface area contributed by atoms with Gasteiger partial charge in [0.25, 0.3) is 0 Å².